The topological polar surface area (TPSA) is 68.0 Å². The molecular weight excluding hydrogens is 278 g/mol. The van der Waals surface area contributed by atoms with Crippen molar-refractivity contribution in [3.63, 3.8) is 0 Å². The average molecular weight is 293 g/mol. The maximum absolute atomic E-state index is 11.3. The highest BCUT2D eigenvalue weighted by Crippen LogP contribution is 2.27. The van der Waals surface area contributed by atoms with E-state index in [4.69, 9.17) is 0 Å². The summed E-state index contributed by atoms with van der Waals surface area (Å²) in [6.45, 7) is 4.06. The number of aldehydes is 1. The lowest BCUT2D eigenvalue weighted by atomic mass is 10.0. The highest BCUT2D eigenvalue weighted by atomic mass is 16.3. The number of aromatic nitrogens is 3. The van der Waals surface area contributed by atoms with Crippen LogP contribution in [0.2, 0.25) is 0 Å². The highest BCUT2D eigenvalue weighted by Gasteiger charge is 2.16. The van der Waals surface area contributed by atoms with Gasteiger partial charge in [0.1, 0.15) is 11.4 Å². The average Bonchev–Trinajstić information content (AvgIpc) is 2.94. The Morgan fingerprint density at radius 1 is 1.05 bits per heavy atom. The molecule has 1 aromatic heterocycles. The van der Waals surface area contributed by atoms with Crippen molar-refractivity contribution in [2.75, 3.05) is 0 Å². The van der Waals surface area contributed by atoms with Crippen molar-refractivity contribution in [3.8, 4) is 22.7 Å². The molecule has 0 saturated carbocycles. The van der Waals surface area contributed by atoms with Crippen molar-refractivity contribution < 1.29 is 9.90 Å². The lowest BCUT2D eigenvalue weighted by Gasteiger charge is -2.09. The summed E-state index contributed by atoms with van der Waals surface area (Å²) in [4.78, 5) is 11.3. The largest absolute Gasteiger partial charge is 0.508 e. The van der Waals surface area contributed by atoms with Gasteiger partial charge >= 0.3 is 0 Å². The third-order valence-electron chi connectivity index (χ3n) is 3.68. The van der Waals surface area contributed by atoms with E-state index in [-0.39, 0.29) is 11.4 Å². The van der Waals surface area contributed by atoms with Crippen LogP contribution in [0.1, 0.15) is 21.6 Å². The fourth-order valence-corrected chi connectivity index (χ4v) is 2.31. The summed E-state index contributed by atoms with van der Waals surface area (Å²) < 4.78 is 1.60. The zero-order valence-electron chi connectivity index (χ0n) is 12.3. The van der Waals surface area contributed by atoms with Gasteiger partial charge in [0, 0.05) is 5.56 Å². The first kappa shape index (κ1) is 14.0. The predicted molar refractivity (Wildman–Crippen MR) is 83.3 cm³/mol. The van der Waals surface area contributed by atoms with E-state index in [9.17, 15) is 9.90 Å². The van der Waals surface area contributed by atoms with E-state index in [0.29, 0.717) is 12.0 Å². The highest BCUT2D eigenvalue weighted by molar-refractivity contribution is 5.84. The molecule has 0 atom stereocenters. The van der Waals surface area contributed by atoms with Gasteiger partial charge in [-0.05, 0) is 55.3 Å². The number of rotatable bonds is 3. The summed E-state index contributed by atoms with van der Waals surface area (Å²) in [5, 5.41) is 17.4. The molecule has 3 aromatic rings. The molecule has 0 aliphatic carbocycles. The Hall–Kier alpha value is -2.95. The summed E-state index contributed by atoms with van der Waals surface area (Å²) in [6, 6.07) is 12.6. The van der Waals surface area contributed by atoms with E-state index in [0.717, 1.165) is 16.8 Å². The van der Waals surface area contributed by atoms with Crippen LogP contribution in [0.15, 0.2) is 42.5 Å². The number of carbonyl (C=O) groups is 1. The van der Waals surface area contributed by atoms with Crippen molar-refractivity contribution in [1.29, 1.82) is 0 Å². The molecule has 0 radical (unpaired) electrons. The zero-order chi connectivity index (χ0) is 15.7. The normalized spacial score (nSPS) is 10.6. The predicted octanol–water partition coefficient (Wildman–Crippen LogP) is 3.07. The van der Waals surface area contributed by atoms with Gasteiger partial charge < -0.3 is 5.11 Å². The molecule has 3 rings (SSSR count). The Morgan fingerprint density at radius 2 is 1.77 bits per heavy atom. The van der Waals surface area contributed by atoms with Crippen molar-refractivity contribution in [1.82, 2.24) is 15.0 Å². The lowest BCUT2D eigenvalue weighted by molar-refractivity contribution is 0.111. The second-order valence-corrected chi connectivity index (χ2v) is 5.17. The van der Waals surface area contributed by atoms with Gasteiger partial charge in [-0.1, -0.05) is 17.3 Å². The number of hydrogen-bond donors (Lipinski definition) is 1. The van der Waals surface area contributed by atoms with Crippen LogP contribution in [0.25, 0.3) is 16.9 Å². The minimum Gasteiger partial charge on any atom is -0.508 e. The van der Waals surface area contributed by atoms with Crippen LogP contribution in [0.4, 0.5) is 0 Å². The number of carbonyl (C=O) groups excluding carboxylic acids is 1. The molecule has 5 nitrogen and oxygen atoms in total. The van der Waals surface area contributed by atoms with Crippen LogP contribution in [0, 0.1) is 13.8 Å². The van der Waals surface area contributed by atoms with Crippen LogP contribution in [0.5, 0.6) is 5.75 Å². The Labute approximate surface area is 127 Å². The molecule has 1 heterocycles. The van der Waals surface area contributed by atoms with Gasteiger partial charge in [-0.15, -0.1) is 5.10 Å². The summed E-state index contributed by atoms with van der Waals surface area (Å²) >= 11 is 0. The molecule has 0 aliphatic rings. The van der Waals surface area contributed by atoms with E-state index < -0.39 is 0 Å². The first-order chi connectivity index (χ1) is 10.6. The Kier molecular flexibility index (Phi) is 3.47. The molecule has 1 N–H and O–H groups in total. The Balaban J connectivity index is 2.21. The van der Waals surface area contributed by atoms with E-state index >= 15 is 0 Å². The van der Waals surface area contributed by atoms with Crippen molar-refractivity contribution in [2.24, 2.45) is 0 Å². The van der Waals surface area contributed by atoms with Gasteiger partial charge in [-0.2, -0.15) is 0 Å². The molecule has 0 aliphatic heterocycles. The van der Waals surface area contributed by atoms with E-state index in [2.05, 4.69) is 10.3 Å². The number of hydrogen-bond acceptors (Lipinski definition) is 4. The van der Waals surface area contributed by atoms with Gasteiger partial charge in [0.25, 0.3) is 0 Å². The molecule has 0 unspecified atom stereocenters. The minimum atomic E-state index is 0.173. The second kappa shape index (κ2) is 5.44. The molecule has 0 fully saturated rings. The Morgan fingerprint density at radius 3 is 2.41 bits per heavy atom. The molecule has 0 saturated heterocycles. The number of aryl methyl sites for hydroxylation is 2. The number of phenols is 1. The van der Waals surface area contributed by atoms with E-state index in [1.165, 1.54) is 5.56 Å². The number of phenolic OH excluding ortho intramolecular Hbond substituents is 1. The van der Waals surface area contributed by atoms with Crippen LogP contribution in [0.3, 0.4) is 0 Å². The molecule has 0 amide bonds. The van der Waals surface area contributed by atoms with Crippen molar-refractivity contribution >= 4 is 6.29 Å². The molecule has 2 aromatic carbocycles. The van der Waals surface area contributed by atoms with Crippen LogP contribution >= 0.6 is 0 Å². The number of benzene rings is 2. The first-order valence-corrected chi connectivity index (χ1v) is 6.88. The standard InChI is InChI=1S/C17H15N3O2/c1-11-3-4-13(9-12(11)2)17-16(10-21)18-19-20(17)14-5-7-15(22)8-6-14/h3-10,22H,1-2H3. The third-order valence-corrected chi connectivity index (χ3v) is 3.68. The fraction of sp³-hybridized carbons (Fsp3) is 0.118. The molecular formula is C17H15N3O2. The van der Waals surface area contributed by atoms with Crippen molar-refractivity contribution in [3.05, 3.63) is 59.3 Å². The molecule has 22 heavy (non-hydrogen) atoms. The third kappa shape index (κ3) is 2.37. The maximum Gasteiger partial charge on any atom is 0.172 e. The van der Waals surface area contributed by atoms with Crippen molar-refractivity contribution in [2.45, 2.75) is 13.8 Å². The van der Waals surface area contributed by atoms with Gasteiger partial charge in [0.05, 0.1) is 5.69 Å². The first-order valence-electron chi connectivity index (χ1n) is 6.88. The summed E-state index contributed by atoms with van der Waals surface area (Å²) in [7, 11) is 0. The van der Waals surface area contributed by atoms with Gasteiger partial charge in [0.15, 0.2) is 12.0 Å². The minimum absolute atomic E-state index is 0.173. The van der Waals surface area contributed by atoms with Gasteiger partial charge in [0.2, 0.25) is 0 Å². The quantitative estimate of drug-likeness (QED) is 0.754. The smallest absolute Gasteiger partial charge is 0.172 e. The zero-order valence-corrected chi connectivity index (χ0v) is 12.3. The van der Waals surface area contributed by atoms with E-state index in [1.54, 1.807) is 28.9 Å². The SMILES string of the molecule is Cc1ccc(-c2c(C=O)nnn2-c2ccc(O)cc2)cc1C. The summed E-state index contributed by atoms with van der Waals surface area (Å²) in [6.07, 6.45) is 0.703. The molecule has 110 valence electrons. The number of aromatic hydroxyl groups is 1. The maximum atomic E-state index is 11.3. The molecule has 0 spiro atoms. The second-order valence-electron chi connectivity index (χ2n) is 5.17. The monoisotopic (exact) mass is 293 g/mol. The fourth-order valence-electron chi connectivity index (χ4n) is 2.31. The number of nitrogens with zero attached hydrogens (tertiary/aromatic N) is 3. The summed E-state index contributed by atoms with van der Waals surface area (Å²) in [5.74, 6) is 0.173. The van der Waals surface area contributed by atoms with E-state index in [1.807, 2.05) is 32.0 Å². The lowest BCUT2D eigenvalue weighted by Crippen LogP contribution is -2.00. The molecule has 5 heteroatoms. The Bertz CT molecular complexity index is 836. The van der Waals surface area contributed by atoms with Crippen LogP contribution in [-0.4, -0.2) is 26.4 Å². The molecule has 0 bridgehead atoms. The van der Waals surface area contributed by atoms with Crippen LogP contribution in [-0.2, 0) is 0 Å². The summed E-state index contributed by atoms with van der Waals surface area (Å²) in [5.41, 5.74) is 4.85. The van der Waals surface area contributed by atoms with Crippen LogP contribution < -0.4 is 0 Å². The van der Waals surface area contributed by atoms with Gasteiger partial charge in [-0.25, -0.2) is 4.68 Å². The van der Waals surface area contributed by atoms with Gasteiger partial charge in [-0.3, -0.25) is 4.79 Å².